The van der Waals surface area contributed by atoms with Gasteiger partial charge in [0, 0.05) is 11.3 Å². The Morgan fingerprint density at radius 2 is 1.91 bits per heavy atom. The van der Waals surface area contributed by atoms with Crippen LogP contribution in [0.4, 0.5) is 0 Å². The Morgan fingerprint density at radius 3 is 2.54 bits per heavy atom. The van der Waals surface area contributed by atoms with E-state index >= 15 is 0 Å². The normalized spacial score (nSPS) is 37.5. The molecule has 2 aliphatic rings. The number of nitrogens with zero attached hydrogens (tertiary/aromatic N) is 1. The second kappa shape index (κ2) is 10.8. The van der Waals surface area contributed by atoms with Gasteiger partial charge in [0.2, 0.25) is 0 Å². The van der Waals surface area contributed by atoms with Crippen molar-refractivity contribution in [3.63, 3.8) is 0 Å². The summed E-state index contributed by atoms with van der Waals surface area (Å²) < 4.78 is 5.95. The molecule has 6 nitrogen and oxygen atoms in total. The molecule has 0 radical (unpaired) electrons. The van der Waals surface area contributed by atoms with Gasteiger partial charge in [-0.2, -0.15) is 0 Å². The van der Waals surface area contributed by atoms with E-state index in [0.717, 1.165) is 48.4 Å². The van der Waals surface area contributed by atoms with E-state index in [1.807, 2.05) is 32.2 Å². The smallest absolute Gasteiger partial charge is 0.309 e. The Balaban J connectivity index is 1.85. The lowest BCUT2D eigenvalue weighted by Crippen LogP contribution is -2.45. The lowest BCUT2D eigenvalue weighted by molar-refractivity contribution is -0.154. The third kappa shape index (κ3) is 6.60. The minimum atomic E-state index is -1.20. The number of aliphatic hydroxyl groups excluding tert-OH is 2. The molecule has 3 rings (SSSR count). The second-order valence-corrected chi connectivity index (χ2v) is 13.0. The number of hydrogen-bond acceptors (Lipinski definition) is 7. The van der Waals surface area contributed by atoms with Crippen molar-refractivity contribution < 1.29 is 24.5 Å². The number of aliphatic hydroxyl groups is 2. The maximum atomic E-state index is 13.2. The lowest BCUT2D eigenvalue weighted by atomic mass is 9.73. The molecular weight excluding hydrogens is 462 g/mol. The van der Waals surface area contributed by atoms with Crippen LogP contribution in [0.3, 0.4) is 0 Å². The van der Waals surface area contributed by atoms with Gasteiger partial charge in [-0.3, -0.25) is 9.59 Å². The minimum absolute atomic E-state index is 0.0138. The molecule has 7 heteroatoms. The number of cyclic esters (lactones) is 1. The van der Waals surface area contributed by atoms with Crippen molar-refractivity contribution in [2.75, 3.05) is 0 Å². The van der Waals surface area contributed by atoms with E-state index in [9.17, 15) is 19.8 Å². The molecule has 0 bridgehead atoms. The number of hydrogen-bond donors (Lipinski definition) is 2. The van der Waals surface area contributed by atoms with Gasteiger partial charge in [-0.1, -0.05) is 41.0 Å². The zero-order chi connectivity index (χ0) is 26.1. The molecule has 1 aliphatic heterocycles. The molecule has 2 heterocycles. The zero-order valence-electron chi connectivity index (χ0n) is 22.3. The molecule has 1 saturated heterocycles. The average Bonchev–Trinajstić information content (AvgIpc) is 3.22. The van der Waals surface area contributed by atoms with Gasteiger partial charge < -0.3 is 14.9 Å². The van der Waals surface area contributed by atoms with Crippen molar-refractivity contribution in [3.05, 3.63) is 21.7 Å². The quantitative estimate of drug-likeness (QED) is 0.526. The maximum Gasteiger partial charge on any atom is 0.309 e. The predicted molar refractivity (Wildman–Crippen MR) is 139 cm³/mol. The first-order valence-electron chi connectivity index (χ1n) is 12.9. The van der Waals surface area contributed by atoms with Crippen LogP contribution in [0, 0.1) is 35.5 Å². The van der Waals surface area contributed by atoms with Gasteiger partial charge in [0.25, 0.3) is 0 Å². The van der Waals surface area contributed by atoms with Crippen molar-refractivity contribution >= 4 is 29.2 Å². The van der Waals surface area contributed by atoms with Crippen molar-refractivity contribution in [3.8, 4) is 0 Å². The van der Waals surface area contributed by atoms with Gasteiger partial charge in [-0.05, 0) is 68.4 Å². The molecule has 2 fully saturated rings. The number of esters is 1. The molecule has 1 aliphatic carbocycles. The second-order valence-electron chi connectivity index (χ2n) is 11.9. The fourth-order valence-corrected chi connectivity index (χ4v) is 6.12. The first-order chi connectivity index (χ1) is 16.2. The molecule has 35 heavy (non-hydrogen) atoms. The number of carbonyl (C=O) groups excluding carboxylic acids is 2. The molecule has 1 saturated carbocycles. The van der Waals surface area contributed by atoms with Crippen LogP contribution in [0.25, 0.3) is 6.08 Å². The average molecular weight is 506 g/mol. The highest BCUT2D eigenvalue weighted by Gasteiger charge is 2.50. The third-order valence-corrected chi connectivity index (χ3v) is 9.37. The van der Waals surface area contributed by atoms with E-state index in [4.69, 9.17) is 4.74 Å². The molecule has 1 aromatic heterocycles. The molecule has 7 atom stereocenters. The molecule has 0 spiro atoms. The van der Waals surface area contributed by atoms with E-state index in [1.54, 1.807) is 32.1 Å². The first-order valence-corrected chi connectivity index (χ1v) is 13.8. The number of thiazole rings is 1. The van der Waals surface area contributed by atoms with E-state index < -0.39 is 35.6 Å². The summed E-state index contributed by atoms with van der Waals surface area (Å²) in [6, 6.07) is 0. The highest BCUT2D eigenvalue weighted by molar-refractivity contribution is 7.09. The van der Waals surface area contributed by atoms with Crippen LogP contribution in [0.5, 0.6) is 0 Å². The first kappa shape index (κ1) is 28.0. The molecule has 0 unspecified atom stereocenters. The van der Waals surface area contributed by atoms with E-state index in [-0.39, 0.29) is 23.5 Å². The molecule has 1 aromatic rings. The summed E-state index contributed by atoms with van der Waals surface area (Å²) in [5.41, 5.74) is 0.825. The van der Waals surface area contributed by atoms with Gasteiger partial charge in [-0.25, -0.2) is 4.98 Å². The Hall–Kier alpha value is -1.57. The summed E-state index contributed by atoms with van der Waals surface area (Å²) in [7, 11) is 0. The van der Waals surface area contributed by atoms with Crippen LogP contribution < -0.4 is 0 Å². The van der Waals surface area contributed by atoms with Crippen LogP contribution >= 0.6 is 11.3 Å². The topological polar surface area (TPSA) is 96.7 Å². The molecule has 196 valence electrons. The summed E-state index contributed by atoms with van der Waals surface area (Å²) in [4.78, 5) is 30.7. The summed E-state index contributed by atoms with van der Waals surface area (Å²) in [6.45, 7) is 13.2. The van der Waals surface area contributed by atoms with Gasteiger partial charge >= 0.3 is 5.97 Å². The Bertz CT molecular complexity index is 953. The molecule has 0 amide bonds. The Kier molecular flexibility index (Phi) is 8.65. The van der Waals surface area contributed by atoms with Crippen molar-refractivity contribution in [1.29, 1.82) is 0 Å². The van der Waals surface area contributed by atoms with Gasteiger partial charge in [0.1, 0.15) is 11.9 Å². The summed E-state index contributed by atoms with van der Waals surface area (Å²) in [5.74, 6) is -0.926. The highest BCUT2D eigenvalue weighted by Crippen LogP contribution is 2.58. The fourth-order valence-electron chi connectivity index (χ4n) is 5.55. The molecular formula is C28H43NO5S. The van der Waals surface area contributed by atoms with Crippen LogP contribution in [-0.4, -0.2) is 45.3 Å². The number of ketones is 1. The number of fused-ring (bicyclic) bond motifs is 1. The monoisotopic (exact) mass is 505 g/mol. The number of rotatable bonds is 2. The van der Waals surface area contributed by atoms with Gasteiger partial charge in [0.05, 0.1) is 34.7 Å². The summed E-state index contributed by atoms with van der Waals surface area (Å²) in [5, 5.41) is 24.7. The van der Waals surface area contributed by atoms with E-state index in [1.165, 1.54) is 0 Å². The summed E-state index contributed by atoms with van der Waals surface area (Å²) in [6.07, 6.45) is 4.06. The van der Waals surface area contributed by atoms with Gasteiger partial charge in [-0.15, -0.1) is 11.3 Å². The van der Waals surface area contributed by atoms with Crippen LogP contribution in [0.1, 0.15) is 90.8 Å². The lowest BCUT2D eigenvalue weighted by Gasteiger charge is -2.34. The summed E-state index contributed by atoms with van der Waals surface area (Å²) >= 11 is 1.58. The van der Waals surface area contributed by atoms with Crippen LogP contribution in [-0.2, 0) is 14.3 Å². The van der Waals surface area contributed by atoms with Crippen molar-refractivity contribution in [2.24, 2.45) is 28.6 Å². The highest BCUT2D eigenvalue weighted by atomic mass is 32.1. The number of aromatic nitrogens is 1. The van der Waals surface area contributed by atoms with E-state index in [2.05, 4.69) is 11.9 Å². The standard InChI is InChI=1S/C28H43NO5S/c1-16-9-8-10-28(7)14-20(28)12-22(17(2)11-21-15-35-19(4)29-21)34-24(31)13-23(30)27(5,6)26(33)18(3)25(16)32/h11,15-16,18,20,22-23,25,30,32H,8-10,12-14H2,1-7H3/t16-,18+,20-,22-,23-,25-,28-/m1/s1. The number of Topliss-reactive ketones (excluding diaryl/α,β-unsaturated/α-hetero) is 1. The molecule has 2 N–H and O–H groups in total. The van der Waals surface area contributed by atoms with Crippen molar-refractivity contribution in [1.82, 2.24) is 4.98 Å². The predicted octanol–water partition coefficient (Wildman–Crippen LogP) is 5.35. The number of ether oxygens (including phenoxy) is 1. The third-order valence-electron chi connectivity index (χ3n) is 8.58. The van der Waals surface area contributed by atoms with E-state index in [0.29, 0.717) is 5.92 Å². The largest absolute Gasteiger partial charge is 0.458 e. The van der Waals surface area contributed by atoms with Crippen molar-refractivity contribution in [2.45, 2.75) is 105 Å². The number of aryl methyl sites for hydroxylation is 1. The molecule has 0 aromatic carbocycles. The van der Waals surface area contributed by atoms with Crippen LogP contribution in [0.2, 0.25) is 0 Å². The minimum Gasteiger partial charge on any atom is -0.458 e. The Labute approximate surface area is 214 Å². The van der Waals surface area contributed by atoms with Crippen LogP contribution in [0.15, 0.2) is 11.0 Å². The SMILES string of the molecule is CC(=Cc1csc(C)n1)[C@H]1C[C@@H]2C[C@@]2(C)CCC[C@@H](C)[C@@H](O)[C@H](C)C(=O)C(C)(C)[C@H](O)CC(=O)O1. The Morgan fingerprint density at radius 1 is 1.23 bits per heavy atom. The number of carbonyl (C=O) groups is 2. The van der Waals surface area contributed by atoms with Gasteiger partial charge in [0.15, 0.2) is 0 Å². The fraction of sp³-hybridized carbons (Fsp3) is 0.750. The maximum absolute atomic E-state index is 13.2. The zero-order valence-corrected chi connectivity index (χ0v) is 23.2.